The van der Waals surface area contributed by atoms with Crippen LogP contribution in [0.15, 0.2) is 77.2 Å². The minimum Gasteiger partial charge on any atom is -0.545 e. The average Bonchev–Trinajstić information content (AvgIpc) is 3.11. The summed E-state index contributed by atoms with van der Waals surface area (Å²) in [6.45, 7) is 4.11. The van der Waals surface area contributed by atoms with Gasteiger partial charge in [0.1, 0.15) is 5.52 Å². The van der Waals surface area contributed by atoms with Gasteiger partial charge >= 0.3 is 0 Å². The van der Waals surface area contributed by atoms with E-state index in [0.29, 0.717) is 22.7 Å². The molecule has 0 aliphatic heterocycles. The number of aromatic nitrogens is 1. The second-order valence-corrected chi connectivity index (χ2v) is 6.79. The Kier molecular flexibility index (Phi) is 5.87. The van der Waals surface area contributed by atoms with Gasteiger partial charge in [0.25, 0.3) is 0 Å². The van der Waals surface area contributed by atoms with Crippen molar-refractivity contribution in [2.24, 2.45) is 0 Å². The van der Waals surface area contributed by atoms with Crippen LogP contribution in [-0.4, -0.2) is 17.0 Å². The maximum absolute atomic E-state index is 11.3. The number of carbonyl (C=O) groups is 1. The van der Waals surface area contributed by atoms with Gasteiger partial charge < -0.3 is 20.1 Å². The van der Waals surface area contributed by atoms with Crippen molar-refractivity contribution in [3.63, 3.8) is 0 Å². The van der Waals surface area contributed by atoms with Crippen LogP contribution < -0.4 is 10.8 Å². The number of hydrogen-bond acceptors (Lipinski definition) is 4. The van der Waals surface area contributed by atoms with Gasteiger partial charge in [-0.25, -0.2) is 4.98 Å². The molecule has 0 bridgehead atoms. The average molecular weight is 374 g/mol. The van der Waals surface area contributed by atoms with Gasteiger partial charge in [0.15, 0.2) is 5.58 Å². The van der Waals surface area contributed by atoms with Gasteiger partial charge in [-0.2, -0.15) is 0 Å². The van der Waals surface area contributed by atoms with E-state index in [1.165, 1.54) is 6.07 Å². The molecule has 3 aromatic carbocycles. The van der Waals surface area contributed by atoms with Crippen LogP contribution in [0.4, 0.5) is 0 Å². The molecule has 4 rings (SSSR count). The predicted octanol–water partition coefficient (Wildman–Crippen LogP) is 3.16. The molecule has 4 aromatic rings. The van der Waals surface area contributed by atoms with Crippen molar-refractivity contribution >= 4 is 17.1 Å². The molecular formula is C23H22N2O3. The quantitative estimate of drug-likeness (QED) is 0.596. The first kappa shape index (κ1) is 19.3. The van der Waals surface area contributed by atoms with E-state index in [1.54, 1.807) is 18.2 Å². The molecule has 0 spiro atoms. The van der Waals surface area contributed by atoms with Crippen molar-refractivity contribution in [2.45, 2.75) is 19.9 Å². The molecule has 1 aromatic heterocycles. The third-order valence-electron chi connectivity index (χ3n) is 3.87. The fourth-order valence-electron chi connectivity index (χ4n) is 2.70. The summed E-state index contributed by atoms with van der Waals surface area (Å²) in [4.78, 5) is 15.7. The van der Waals surface area contributed by atoms with E-state index in [2.05, 4.69) is 24.6 Å². The van der Waals surface area contributed by atoms with E-state index in [9.17, 15) is 9.90 Å². The molecule has 0 atom stereocenters. The highest BCUT2D eigenvalue weighted by Gasteiger charge is 2.13. The molecule has 0 amide bonds. The summed E-state index contributed by atoms with van der Waals surface area (Å²) in [5.41, 5.74) is 7.51. The fourth-order valence-corrected chi connectivity index (χ4v) is 2.70. The molecule has 28 heavy (non-hydrogen) atoms. The van der Waals surface area contributed by atoms with E-state index in [-0.39, 0.29) is 11.5 Å². The van der Waals surface area contributed by atoms with Crippen LogP contribution >= 0.6 is 0 Å². The number of fused-ring (bicyclic) bond motifs is 1. The zero-order valence-corrected chi connectivity index (χ0v) is 15.9. The van der Waals surface area contributed by atoms with Gasteiger partial charge in [-0.05, 0) is 43.2 Å². The highest BCUT2D eigenvalue weighted by atomic mass is 16.4. The third kappa shape index (κ3) is 4.45. The maximum atomic E-state index is 11.3. The summed E-state index contributed by atoms with van der Waals surface area (Å²) >= 11 is 0. The Morgan fingerprint density at radius 3 is 2.29 bits per heavy atom. The van der Waals surface area contributed by atoms with Crippen LogP contribution in [0.25, 0.3) is 33.7 Å². The van der Waals surface area contributed by atoms with Gasteiger partial charge in [-0.15, -0.1) is 0 Å². The molecule has 0 saturated heterocycles. The van der Waals surface area contributed by atoms with E-state index in [1.807, 2.05) is 48.5 Å². The Morgan fingerprint density at radius 2 is 1.61 bits per heavy atom. The SMILES string of the molecule is CC(C)[NH3+].O=C([O-])c1ccccc1-c1nc2cc(-c3ccccc3)ccc2o1. The molecule has 5 nitrogen and oxygen atoms in total. The normalized spacial score (nSPS) is 10.6. The van der Waals surface area contributed by atoms with Gasteiger partial charge in [0, 0.05) is 11.1 Å². The van der Waals surface area contributed by atoms with E-state index < -0.39 is 5.97 Å². The Labute approximate surface area is 163 Å². The first-order valence-electron chi connectivity index (χ1n) is 9.05. The zero-order valence-electron chi connectivity index (χ0n) is 15.9. The van der Waals surface area contributed by atoms with E-state index in [0.717, 1.165) is 11.1 Å². The van der Waals surface area contributed by atoms with Gasteiger partial charge in [-0.3, -0.25) is 0 Å². The highest BCUT2D eigenvalue weighted by Crippen LogP contribution is 2.29. The first-order chi connectivity index (χ1) is 13.5. The van der Waals surface area contributed by atoms with Crippen molar-refractivity contribution in [3.8, 4) is 22.6 Å². The number of quaternary nitrogens is 1. The number of rotatable bonds is 3. The molecule has 3 N–H and O–H groups in total. The molecule has 5 heteroatoms. The molecule has 0 radical (unpaired) electrons. The zero-order chi connectivity index (χ0) is 20.1. The smallest absolute Gasteiger partial charge is 0.227 e. The standard InChI is InChI=1S/C20H13NO3.C3H9N/c22-20(23)16-9-5-4-8-15(16)19-21-17-12-14(10-11-18(17)24-19)13-6-2-1-3-7-13;1-3(2)4/h1-12H,(H,22,23);3H,4H2,1-2H3. The number of carboxylic acid groups (broad SMARTS) is 1. The van der Waals surface area contributed by atoms with Crippen LogP contribution in [0.5, 0.6) is 0 Å². The number of carbonyl (C=O) groups excluding carboxylic acids is 1. The maximum Gasteiger partial charge on any atom is 0.227 e. The van der Waals surface area contributed by atoms with Crippen LogP contribution in [0, 0.1) is 0 Å². The monoisotopic (exact) mass is 374 g/mol. The number of benzene rings is 3. The third-order valence-corrected chi connectivity index (χ3v) is 3.87. The lowest BCUT2D eigenvalue weighted by Gasteiger charge is -2.06. The number of aromatic carboxylic acids is 1. The Hall–Kier alpha value is -3.44. The number of hydrogen-bond donors (Lipinski definition) is 1. The van der Waals surface area contributed by atoms with Crippen LogP contribution in [0.2, 0.25) is 0 Å². The second-order valence-electron chi connectivity index (χ2n) is 6.79. The van der Waals surface area contributed by atoms with Gasteiger partial charge in [-0.1, -0.05) is 54.6 Å². The molecule has 0 fully saturated rings. The molecule has 1 heterocycles. The van der Waals surface area contributed by atoms with Crippen LogP contribution in [0.3, 0.4) is 0 Å². The molecule has 142 valence electrons. The lowest BCUT2D eigenvalue weighted by molar-refractivity contribution is -0.407. The minimum atomic E-state index is -1.25. The topological polar surface area (TPSA) is 93.8 Å². The highest BCUT2D eigenvalue weighted by molar-refractivity contribution is 5.94. The number of nitrogens with zero attached hydrogens (tertiary/aromatic N) is 1. The molecule has 0 unspecified atom stereocenters. The van der Waals surface area contributed by atoms with Crippen molar-refractivity contribution in [2.75, 3.05) is 0 Å². The van der Waals surface area contributed by atoms with Crippen molar-refractivity contribution in [3.05, 3.63) is 78.4 Å². The minimum absolute atomic E-state index is 0.0624. The summed E-state index contributed by atoms with van der Waals surface area (Å²) in [5.74, 6) is -0.979. The molecule has 0 saturated carbocycles. The Balaban J connectivity index is 0.000000516. The van der Waals surface area contributed by atoms with Crippen molar-refractivity contribution < 1.29 is 20.1 Å². The Morgan fingerprint density at radius 1 is 0.964 bits per heavy atom. The predicted molar refractivity (Wildman–Crippen MR) is 107 cm³/mol. The second kappa shape index (κ2) is 8.50. The van der Waals surface area contributed by atoms with Gasteiger partial charge in [0.05, 0.1) is 12.0 Å². The summed E-state index contributed by atoms with van der Waals surface area (Å²) in [5, 5.41) is 11.3. The lowest BCUT2D eigenvalue weighted by atomic mass is 10.1. The van der Waals surface area contributed by atoms with E-state index >= 15 is 0 Å². The van der Waals surface area contributed by atoms with Crippen molar-refractivity contribution in [1.82, 2.24) is 4.98 Å². The van der Waals surface area contributed by atoms with Gasteiger partial charge in [0.2, 0.25) is 5.89 Å². The van der Waals surface area contributed by atoms with Crippen LogP contribution in [0.1, 0.15) is 24.2 Å². The summed E-state index contributed by atoms with van der Waals surface area (Å²) in [7, 11) is 0. The Bertz CT molecular complexity index is 1080. The largest absolute Gasteiger partial charge is 0.545 e. The van der Waals surface area contributed by atoms with Crippen LogP contribution in [-0.2, 0) is 0 Å². The summed E-state index contributed by atoms with van der Waals surface area (Å²) in [6, 6.07) is 22.8. The molecule has 0 aliphatic carbocycles. The number of oxazole rings is 1. The number of carboxylic acids is 1. The lowest BCUT2D eigenvalue weighted by Crippen LogP contribution is -2.57. The van der Waals surface area contributed by atoms with E-state index in [4.69, 9.17) is 4.42 Å². The summed E-state index contributed by atoms with van der Waals surface area (Å²) < 4.78 is 5.73. The molecule has 0 aliphatic rings. The molecular weight excluding hydrogens is 352 g/mol. The fraction of sp³-hybridized carbons (Fsp3) is 0.130. The summed E-state index contributed by atoms with van der Waals surface area (Å²) in [6.07, 6.45) is 0. The first-order valence-corrected chi connectivity index (χ1v) is 9.05. The van der Waals surface area contributed by atoms with Crippen molar-refractivity contribution in [1.29, 1.82) is 0 Å².